The maximum Gasteiger partial charge on any atom is 0.266 e. The molecule has 2 heterocycles. The van der Waals surface area contributed by atoms with E-state index in [4.69, 9.17) is 4.74 Å². The van der Waals surface area contributed by atoms with E-state index in [1.165, 1.54) is 17.5 Å². The summed E-state index contributed by atoms with van der Waals surface area (Å²) in [5.41, 5.74) is 2.90. The number of piperidine rings is 1. The van der Waals surface area contributed by atoms with Crippen LogP contribution in [0.15, 0.2) is 36.8 Å². The fraction of sp³-hybridized carbons (Fsp3) is 0.500. The molecule has 4 rings (SSSR count). The predicted molar refractivity (Wildman–Crippen MR) is 104 cm³/mol. The molecule has 1 saturated heterocycles. The minimum atomic E-state index is -0.888. The van der Waals surface area contributed by atoms with Crippen molar-refractivity contribution in [2.45, 2.75) is 57.5 Å². The molecule has 0 radical (unpaired) electrons. The first-order valence-corrected chi connectivity index (χ1v) is 9.89. The molecule has 2 aromatic rings. The molecule has 0 saturated carbocycles. The summed E-state index contributed by atoms with van der Waals surface area (Å²) in [4.78, 5) is 23.5. The van der Waals surface area contributed by atoms with Crippen LogP contribution >= 0.6 is 0 Å². The van der Waals surface area contributed by atoms with E-state index in [1.54, 1.807) is 12.5 Å². The Labute approximate surface area is 160 Å². The molecule has 1 aromatic heterocycles. The van der Waals surface area contributed by atoms with Crippen LogP contribution in [-0.2, 0) is 17.6 Å². The molecule has 1 unspecified atom stereocenters. The molecule has 1 aliphatic heterocycles. The minimum absolute atomic E-state index is 0.0433. The summed E-state index contributed by atoms with van der Waals surface area (Å²) in [6.45, 7) is 5.21. The van der Waals surface area contributed by atoms with Gasteiger partial charge in [0, 0.05) is 30.9 Å². The minimum Gasteiger partial charge on any atom is -0.478 e. The number of hydrogen-bond donors (Lipinski definition) is 0. The summed E-state index contributed by atoms with van der Waals surface area (Å²) in [6.07, 6.45) is 8.84. The van der Waals surface area contributed by atoms with Crippen molar-refractivity contribution in [2.24, 2.45) is 0 Å². The normalized spacial score (nSPS) is 19.6. The number of aryl methyl sites for hydroxylation is 2. The second kappa shape index (κ2) is 7.29. The number of fused-ring (bicyclic) bond motifs is 1. The molecule has 1 amide bonds. The lowest BCUT2D eigenvalue weighted by Gasteiger charge is -2.37. The largest absolute Gasteiger partial charge is 0.478 e. The van der Waals surface area contributed by atoms with Crippen molar-refractivity contribution in [1.82, 2.24) is 14.9 Å². The highest BCUT2D eigenvalue weighted by Crippen LogP contribution is 2.30. The van der Waals surface area contributed by atoms with Crippen LogP contribution in [0, 0.1) is 0 Å². The van der Waals surface area contributed by atoms with Gasteiger partial charge in [0.05, 0.1) is 0 Å². The maximum absolute atomic E-state index is 13.2. The van der Waals surface area contributed by atoms with Crippen LogP contribution in [0.3, 0.4) is 0 Å². The van der Waals surface area contributed by atoms with Crippen molar-refractivity contribution >= 4 is 5.91 Å². The number of aromatic nitrogens is 2. The van der Waals surface area contributed by atoms with Crippen molar-refractivity contribution < 1.29 is 9.53 Å². The molecule has 1 aliphatic carbocycles. The van der Waals surface area contributed by atoms with E-state index >= 15 is 0 Å². The Balaban J connectivity index is 1.45. The van der Waals surface area contributed by atoms with Gasteiger partial charge in [-0.1, -0.05) is 6.07 Å². The number of likely N-dealkylation sites (tertiary alicyclic amines) is 1. The van der Waals surface area contributed by atoms with Crippen molar-refractivity contribution in [2.75, 3.05) is 13.1 Å². The first-order chi connectivity index (χ1) is 13.0. The molecule has 1 atom stereocenters. The standard InChI is InChI=1S/C22H27N3O2/c1-22(2,27-19-9-8-16-5-3-6-17(16)13-19)21(26)25-12-4-7-18(14-25)20-10-11-23-15-24-20/h8-11,13,15,18H,3-7,12,14H2,1-2H3. The monoisotopic (exact) mass is 365 g/mol. The summed E-state index contributed by atoms with van der Waals surface area (Å²) in [7, 11) is 0. The average Bonchev–Trinajstić information content (AvgIpc) is 3.15. The molecule has 27 heavy (non-hydrogen) atoms. The van der Waals surface area contributed by atoms with Crippen LogP contribution < -0.4 is 4.74 Å². The summed E-state index contributed by atoms with van der Waals surface area (Å²) >= 11 is 0. The van der Waals surface area contributed by atoms with E-state index in [-0.39, 0.29) is 11.8 Å². The van der Waals surface area contributed by atoms with E-state index in [0.29, 0.717) is 6.54 Å². The highest BCUT2D eigenvalue weighted by Gasteiger charge is 2.37. The SMILES string of the molecule is CC(C)(Oc1ccc2c(c1)CCC2)C(=O)N1CCCC(c2ccncn2)C1. The van der Waals surface area contributed by atoms with Crippen LogP contribution in [0.2, 0.25) is 0 Å². The molecule has 1 aromatic carbocycles. The van der Waals surface area contributed by atoms with Gasteiger partial charge in [0.15, 0.2) is 5.60 Å². The third-order valence-electron chi connectivity index (χ3n) is 5.69. The van der Waals surface area contributed by atoms with Crippen molar-refractivity contribution in [3.05, 3.63) is 53.6 Å². The first-order valence-electron chi connectivity index (χ1n) is 9.89. The molecule has 142 valence electrons. The van der Waals surface area contributed by atoms with Gasteiger partial charge in [-0.25, -0.2) is 9.97 Å². The van der Waals surface area contributed by atoms with Gasteiger partial charge >= 0.3 is 0 Å². The van der Waals surface area contributed by atoms with Gasteiger partial charge in [-0.3, -0.25) is 4.79 Å². The zero-order valence-electron chi connectivity index (χ0n) is 16.1. The molecule has 0 spiro atoms. The van der Waals surface area contributed by atoms with Gasteiger partial charge in [0.25, 0.3) is 5.91 Å². The molecule has 1 fully saturated rings. The summed E-state index contributed by atoms with van der Waals surface area (Å²) in [5, 5.41) is 0. The second-order valence-corrected chi connectivity index (χ2v) is 8.12. The van der Waals surface area contributed by atoms with E-state index < -0.39 is 5.60 Å². The molecule has 5 heteroatoms. The van der Waals surface area contributed by atoms with Gasteiger partial charge in [-0.2, -0.15) is 0 Å². The van der Waals surface area contributed by atoms with Gasteiger partial charge < -0.3 is 9.64 Å². The van der Waals surface area contributed by atoms with E-state index in [2.05, 4.69) is 22.1 Å². The Morgan fingerprint density at radius 2 is 2.04 bits per heavy atom. The van der Waals surface area contributed by atoms with Crippen molar-refractivity contribution in [1.29, 1.82) is 0 Å². The second-order valence-electron chi connectivity index (χ2n) is 8.12. The smallest absolute Gasteiger partial charge is 0.266 e. The Hall–Kier alpha value is -2.43. The average molecular weight is 365 g/mol. The fourth-order valence-electron chi connectivity index (χ4n) is 4.28. The zero-order valence-corrected chi connectivity index (χ0v) is 16.1. The quantitative estimate of drug-likeness (QED) is 0.832. The number of benzene rings is 1. The highest BCUT2D eigenvalue weighted by molar-refractivity contribution is 5.85. The number of rotatable bonds is 4. The van der Waals surface area contributed by atoms with Crippen LogP contribution in [0.1, 0.15) is 55.8 Å². The lowest BCUT2D eigenvalue weighted by atomic mass is 9.93. The van der Waals surface area contributed by atoms with Crippen LogP contribution in [0.25, 0.3) is 0 Å². The van der Waals surface area contributed by atoms with Gasteiger partial charge in [-0.15, -0.1) is 0 Å². The van der Waals surface area contributed by atoms with Crippen molar-refractivity contribution in [3.8, 4) is 5.75 Å². The van der Waals surface area contributed by atoms with Crippen LogP contribution in [0.5, 0.6) is 5.75 Å². The summed E-state index contributed by atoms with van der Waals surface area (Å²) in [6, 6.07) is 8.20. The first kappa shape index (κ1) is 18.0. The van der Waals surface area contributed by atoms with E-state index in [9.17, 15) is 4.79 Å². The Morgan fingerprint density at radius 3 is 2.85 bits per heavy atom. The number of ether oxygens (including phenoxy) is 1. The predicted octanol–water partition coefficient (Wildman–Crippen LogP) is 3.53. The fourth-order valence-corrected chi connectivity index (χ4v) is 4.28. The van der Waals surface area contributed by atoms with Crippen LogP contribution in [-0.4, -0.2) is 39.5 Å². The zero-order chi connectivity index (χ0) is 18.9. The van der Waals surface area contributed by atoms with E-state index in [1.807, 2.05) is 30.9 Å². The van der Waals surface area contributed by atoms with Gasteiger partial charge in [0.2, 0.25) is 0 Å². The molecule has 0 bridgehead atoms. The topological polar surface area (TPSA) is 55.3 Å². The third-order valence-corrected chi connectivity index (χ3v) is 5.69. The Morgan fingerprint density at radius 1 is 1.19 bits per heavy atom. The van der Waals surface area contributed by atoms with E-state index in [0.717, 1.165) is 43.7 Å². The Kier molecular flexibility index (Phi) is 4.85. The molecular formula is C22H27N3O2. The molecular weight excluding hydrogens is 338 g/mol. The van der Waals surface area contributed by atoms with Crippen molar-refractivity contribution in [3.63, 3.8) is 0 Å². The number of carbonyl (C=O) groups excluding carboxylic acids is 1. The lowest BCUT2D eigenvalue weighted by molar-refractivity contribution is -0.146. The summed E-state index contributed by atoms with van der Waals surface area (Å²) < 4.78 is 6.17. The number of amides is 1. The van der Waals surface area contributed by atoms with Gasteiger partial charge in [-0.05, 0) is 75.3 Å². The number of nitrogens with zero attached hydrogens (tertiary/aromatic N) is 3. The molecule has 5 nitrogen and oxygen atoms in total. The lowest BCUT2D eigenvalue weighted by Crippen LogP contribution is -2.51. The third kappa shape index (κ3) is 3.82. The van der Waals surface area contributed by atoms with Crippen LogP contribution in [0.4, 0.5) is 0 Å². The maximum atomic E-state index is 13.2. The highest BCUT2D eigenvalue weighted by atomic mass is 16.5. The molecule has 2 aliphatic rings. The number of carbonyl (C=O) groups is 1. The van der Waals surface area contributed by atoms with Gasteiger partial charge in [0.1, 0.15) is 12.1 Å². The Bertz CT molecular complexity index is 820. The molecule has 0 N–H and O–H groups in total. The number of hydrogen-bond acceptors (Lipinski definition) is 4. The summed E-state index contributed by atoms with van der Waals surface area (Å²) in [5.74, 6) is 1.10.